The first-order chi connectivity index (χ1) is 9.41. The van der Waals surface area contributed by atoms with Crippen molar-refractivity contribution < 1.29 is 0 Å². The van der Waals surface area contributed by atoms with E-state index in [0.717, 1.165) is 17.8 Å². The van der Waals surface area contributed by atoms with E-state index in [1.807, 2.05) is 0 Å². The average Bonchev–Trinajstić information content (AvgIpc) is 2.37. The lowest BCUT2D eigenvalue weighted by Crippen LogP contribution is -2.44. The lowest BCUT2D eigenvalue weighted by Gasteiger charge is -2.52. The summed E-state index contributed by atoms with van der Waals surface area (Å²) in [6.07, 6.45) is 13.8. The SMILES string of the molecule is CC1=C2C(C)CC=CC2C(C(C)(C)C)C2CCC=CC12. The van der Waals surface area contributed by atoms with Gasteiger partial charge in [0.05, 0.1) is 0 Å². The molecule has 5 unspecified atom stereocenters. The lowest BCUT2D eigenvalue weighted by molar-refractivity contribution is 0.0761. The largest absolute Gasteiger partial charge is 0.0879 e. The van der Waals surface area contributed by atoms with E-state index in [9.17, 15) is 0 Å². The molecule has 0 aromatic rings. The second kappa shape index (κ2) is 4.90. The zero-order chi connectivity index (χ0) is 14.5. The van der Waals surface area contributed by atoms with Crippen molar-refractivity contribution in [2.24, 2.45) is 35.0 Å². The molecule has 5 atom stereocenters. The molecule has 0 N–H and O–H groups in total. The van der Waals surface area contributed by atoms with Crippen molar-refractivity contribution in [3.05, 3.63) is 35.5 Å². The first-order valence-electron chi connectivity index (χ1n) is 8.45. The van der Waals surface area contributed by atoms with Gasteiger partial charge in [0.2, 0.25) is 0 Å². The lowest BCUT2D eigenvalue weighted by atomic mass is 9.52. The van der Waals surface area contributed by atoms with Gasteiger partial charge in [-0.05, 0) is 49.4 Å². The highest BCUT2D eigenvalue weighted by molar-refractivity contribution is 5.35. The minimum absolute atomic E-state index is 0.395. The maximum absolute atomic E-state index is 2.54. The number of rotatable bonds is 0. The molecule has 0 amide bonds. The van der Waals surface area contributed by atoms with Crippen LogP contribution in [0.1, 0.15) is 53.9 Å². The zero-order valence-corrected chi connectivity index (χ0v) is 13.8. The molecular formula is C20H30. The Morgan fingerprint density at radius 2 is 1.75 bits per heavy atom. The summed E-state index contributed by atoms with van der Waals surface area (Å²) in [7, 11) is 0. The Kier molecular flexibility index (Phi) is 3.47. The van der Waals surface area contributed by atoms with Gasteiger partial charge < -0.3 is 0 Å². The van der Waals surface area contributed by atoms with Crippen molar-refractivity contribution in [3.63, 3.8) is 0 Å². The van der Waals surface area contributed by atoms with E-state index in [-0.39, 0.29) is 0 Å². The van der Waals surface area contributed by atoms with E-state index in [4.69, 9.17) is 0 Å². The van der Waals surface area contributed by atoms with Crippen molar-refractivity contribution in [1.29, 1.82) is 0 Å². The van der Waals surface area contributed by atoms with Crippen LogP contribution in [0.5, 0.6) is 0 Å². The molecule has 0 heteroatoms. The van der Waals surface area contributed by atoms with E-state index in [0.29, 0.717) is 17.3 Å². The van der Waals surface area contributed by atoms with Crippen LogP contribution < -0.4 is 0 Å². The molecule has 0 heterocycles. The Bertz CT molecular complexity index is 469. The summed E-state index contributed by atoms with van der Waals surface area (Å²) in [5.74, 6) is 3.81. The van der Waals surface area contributed by atoms with Crippen molar-refractivity contribution >= 4 is 0 Å². The van der Waals surface area contributed by atoms with Crippen molar-refractivity contribution in [1.82, 2.24) is 0 Å². The monoisotopic (exact) mass is 270 g/mol. The van der Waals surface area contributed by atoms with Crippen LogP contribution in [-0.4, -0.2) is 0 Å². The fourth-order valence-corrected chi connectivity index (χ4v) is 5.32. The Morgan fingerprint density at radius 1 is 1.05 bits per heavy atom. The summed E-state index contributed by atoms with van der Waals surface area (Å²) in [5, 5.41) is 0. The molecule has 0 saturated carbocycles. The molecule has 3 aliphatic carbocycles. The molecule has 20 heavy (non-hydrogen) atoms. The van der Waals surface area contributed by atoms with Gasteiger partial charge in [-0.25, -0.2) is 0 Å². The Labute approximate surface area is 125 Å². The third-order valence-corrected chi connectivity index (χ3v) is 6.00. The van der Waals surface area contributed by atoms with E-state index < -0.39 is 0 Å². The van der Waals surface area contributed by atoms with Gasteiger partial charge in [0.25, 0.3) is 0 Å². The highest BCUT2D eigenvalue weighted by Gasteiger charge is 2.47. The van der Waals surface area contributed by atoms with Gasteiger partial charge in [-0.1, -0.05) is 63.1 Å². The van der Waals surface area contributed by atoms with Gasteiger partial charge in [0.15, 0.2) is 0 Å². The summed E-state index contributed by atoms with van der Waals surface area (Å²) >= 11 is 0. The van der Waals surface area contributed by atoms with Crippen LogP contribution in [0.3, 0.4) is 0 Å². The summed E-state index contributed by atoms with van der Waals surface area (Å²) in [4.78, 5) is 0. The van der Waals surface area contributed by atoms with Crippen molar-refractivity contribution in [2.45, 2.75) is 53.9 Å². The molecule has 3 rings (SSSR count). The number of hydrogen-bond acceptors (Lipinski definition) is 0. The Balaban J connectivity index is 2.14. The van der Waals surface area contributed by atoms with E-state index in [2.05, 4.69) is 58.9 Å². The van der Waals surface area contributed by atoms with Gasteiger partial charge in [0.1, 0.15) is 0 Å². The topological polar surface area (TPSA) is 0 Å². The average molecular weight is 270 g/mol. The number of hydrogen-bond donors (Lipinski definition) is 0. The van der Waals surface area contributed by atoms with Crippen LogP contribution in [0.25, 0.3) is 0 Å². The molecule has 0 aromatic carbocycles. The number of allylic oxidation sites excluding steroid dienone is 6. The van der Waals surface area contributed by atoms with Crippen molar-refractivity contribution in [2.75, 3.05) is 0 Å². The van der Waals surface area contributed by atoms with Crippen LogP contribution in [0, 0.1) is 35.0 Å². The van der Waals surface area contributed by atoms with E-state index in [1.54, 1.807) is 11.1 Å². The van der Waals surface area contributed by atoms with Crippen LogP contribution in [0.15, 0.2) is 35.5 Å². The maximum atomic E-state index is 2.54. The van der Waals surface area contributed by atoms with Crippen LogP contribution in [0.2, 0.25) is 0 Å². The minimum Gasteiger partial charge on any atom is -0.0879 e. The Morgan fingerprint density at radius 3 is 2.45 bits per heavy atom. The smallest absolute Gasteiger partial charge is 0.00186 e. The van der Waals surface area contributed by atoms with Gasteiger partial charge in [-0.3, -0.25) is 0 Å². The molecule has 110 valence electrons. The van der Waals surface area contributed by atoms with Crippen molar-refractivity contribution in [3.8, 4) is 0 Å². The minimum atomic E-state index is 0.395. The molecule has 0 radical (unpaired) electrons. The molecule has 0 saturated heterocycles. The first kappa shape index (κ1) is 14.2. The molecular weight excluding hydrogens is 240 g/mol. The van der Waals surface area contributed by atoms with Crippen LogP contribution in [-0.2, 0) is 0 Å². The quantitative estimate of drug-likeness (QED) is 0.490. The fourth-order valence-electron chi connectivity index (χ4n) is 5.32. The van der Waals surface area contributed by atoms with Crippen LogP contribution >= 0.6 is 0 Å². The molecule has 0 nitrogen and oxygen atoms in total. The van der Waals surface area contributed by atoms with E-state index in [1.165, 1.54) is 19.3 Å². The molecule has 0 bridgehead atoms. The van der Waals surface area contributed by atoms with E-state index >= 15 is 0 Å². The number of fused-ring (bicyclic) bond motifs is 2. The highest BCUT2D eigenvalue weighted by Crippen LogP contribution is 2.56. The predicted molar refractivity (Wildman–Crippen MR) is 87.4 cm³/mol. The fraction of sp³-hybridized carbons (Fsp3) is 0.700. The third-order valence-electron chi connectivity index (χ3n) is 6.00. The standard InChI is InChI=1S/C20H30/c1-13-9-8-12-17-18(13)14(2)15-10-6-7-11-16(15)19(17)20(3,4)5/h6,8,10,12-13,15-17,19H,7,9,11H2,1-5H3. The second-order valence-corrected chi connectivity index (χ2v) is 8.32. The predicted octanol–water partition coefficient (Wildman–Crippen LogP) is 5.77. The second-order valence-electron chi connectivity index (χ2n) is 8.32. The maximum Gasteiger partial charge on any atom is 0.00186 e. The normalized spacial score (nSPS) is 40.5. The first-order valence-corrected chi connectivity index (χ1v) is 8.45. The summed E-state index contributed by atoms with van der Waals surface area (Å²) in [6, 6.07) is 0. The van der Waals surface area contributed by atoms with Gasteiger partial charge >= 0.3 is 0 Å². The summed E-state index contributed by atoms with van der Waals surface area (Å²) in [5.41, 5.74) is 3.88. The molecule has 0 aliphatic heterocycles. The van der Waals surface area contributed by atoms with Gasteiger partial charge in [-0.2, -0.15) is 0 Å². The molecule has 0 aromatic heterocycles. The molecule has 0 spiro atoms. The van der Waals surface area contributed by atoms with Crippen LogP contribution in [0.4, 0.5) is 0 Å². The Hall–Kier alpha value is -0.780. The summed E-state index contributed by atoms with van der Waals surface area (Å²) < 4.78 is 0. The molecule has 0 fully saturated rings. The van der Waals surface area contributed by atoms with Gasteiger partial charge in [0, 0.05) is 11.8 Å². The molecule has 3 aliphatic rings. The third kappa shape index (κ3) is 2.12. The highest BCUT2D eigenvalue weighted by atomic mass is 14.5. The summed E-state index contributed by atoms with van der Waals surface area (Å²) in [6.45, 7) is 12.2. The zero-order valence-electron chi connectivity index (χ0n) is 13.8. The van der Waals surface area contributed by atoms with Gasteiger partial charge in [-0.15, -0.1) is 0 Å².